The van der Waals surface area contributed by atoms with Gasteiger partial charge in [0.05, 0.1) is 0 Å². The normalized spacial score (nSPS) is 4.71. The van der Waals surface area contributed by atoms with Gasteiger partial charge in [-0.1, -0.05) is 6.58 Å². The molecule has 0 fully saturated rings. The number of allylic oxidation sites excluding steroid dienone is 1. The third-order valence-corrected chi connectivity index (χ3v) is 0.287. The van der Waals surface area contributed by atoms with Crippen molar-refractivity contribution in [3.8, 4) is 0 Å². The van der Waals surface area contributed by atoms with E-state index in [-0.39, 0.29) is 45.2 Å². The monoisotopic (exact) mass is 330 g/mol. The topological polar surface area (TPSA) is 17.1 Å². The fourth-order valence-corrected chi connectivity index (χ4v) is 0. The summed E-state index contributed by atoms with van der Waals surface area (Å²) < 4.78 is 0. The van der Waals surface area contributed by atoms with Crippen LogP contribution in [0.3, 0.4) is 0 Å². The van der Waals surface area contributed by atoms with Crippen LogP contribution in [0.5, 0.6) is 0 Å². The molecule has 0 saturated carbocycles. The first-order valence-corrected chi connectivity index (χ1v) is 1.40. The standard InChI is InChI=1S/C4H6O.Au.Cu/c1-3-4(2)5;;/h3H,1H2,2H3;;. The minimum Gasteiger partial charge on any atom is -0.295 e. The van der Waals surface area contributed by atoms with E-state index in [1.807, 2.05) is 0 Å². The van der Waals surface area contributed by atoms with E-state index >= 15 is 0 Å². The van der Waals surface area contributed by atoms with Crippen LogP contribution in [0.4, 0.5) is 0 Å². The Hall–Kier alpha value is 0.670. The molecular weight excluding hydrogens is 325 g/mol. The van der Waals surface area contributed by atoms with E-state index in [9.17, 15) is 4.79 Å². The second-order valence-corrected chi connectivity index (χ2v) is 0.815. The van der Waals surface area contributed by atoms with Gasteiger partial charge < -0.3 is 0 Å². The van der Waals surface area contributed by atoms with Crippen LogP contribution in [0.1, 0.15) is 6.92 Å². The van der Waals surface area contributed by atoms with E-state index in [2.05, 4.69) is 6.58 Å². The van der Waals surface area contributed by atoms with Crippen LogP contribution in [-0.4, -0.2) is 5.78 Å². The summed E-state index contributed by atoms with van der Waals surface area (Å²) >= 11 is 0. The molecule has 0 aliphatic carbocycles. The molecule has 0 N–H and O–H groups in total. The molecule has 0 unspecified atom stereocenters. The summed E-state index contributed by atoms with van der Waals surface area (Å²) in [7, 11) is 0. The molecule has 0 spiro atoms. The van der Waals surface area contributed by atoms with Crippen molar-refractivity contribution < 1.29 is 44.2 Å². The molecule has 2 radical (unpaired) electrons. The summed E-state index contributed by atoms with van der Waals surface area (Å²) in [5.41, 5.74) is 0. The van der Waals surface area contributed by atoms with Gasteiger partial charge in [0.2, 0.25) is 0 Å². The van der Waals surface area contributed by atoms with E-state index in [1.54, 1.807) is 0 Å². The first kappa shape index (κ1) is 15.6. The molecule has 7 heavy (non-hydrogen) atoms. The van der Waals surface area contributed by atoms with Gasteiger partial charge in [-0.2, -0.15) is 0 Å². The second kappa shape index (κ2) is 9.83. The largest absolute Gasteiger partial charge is 0.295 e. The van der Waals surface area contributed by atoms with Gasteiger partial charge in [0, 0.05) is 39.4 Å². The smallest absolute Gasteiger partial charge is 0.152 e. The van der Waals surface area contributed by atoms with Crippen molar-refractivity contribution in [1.29, 1.82) is 0 Å². The third-order valence-electron chi connectivity index (χ3n) is 0.287. The third kappa shape index (κ3) is 20.4. The van der Waals surface area contributed by atoms with Crippen molar-refractivity contribution in [3.05, 3.63) is 12.7 Å². The maximum Gasteiger partial charge on any atom is 0.152 e. The van der Waals surface area contributed by atoms with E-state index in [0.717, 1.165) is 0 Å². The number of ketones is 1. The summed E-state index contributed by atoms with van der Waals surface area (Å²) in [6.45, 7) is 4.68. The zero-order chi connectivity index (χ0) is 4.28. The zero-order valence-electron chi connectivity index (χ0n) is 3.80. The molecule has 3 heteroatoms. The van der Waals surface area contributed by atoms with Gasteiger partial charge in [0.25, 0.3) is 0 Å². The van der Waals surface area contributed by atoms with Crippen molar-refractivity contribution in [3.63, 3.8) is 0 Å². The fraction of sp³-hybridized carbons (Fsp3) is 0.250. The van der Waals surface area contributed by atoms with Crippen molar-refractivity contribution in [2.45, 2.75) is 6.92 Å². The molecule has 0 saturated heterocycles. The molecule has 0 aliphatic rings. The number of hydrogen-bond acceptors (Lipinski definition) is 1. The van der Waals surface area contributed by atoms with E-state index in [1.165, 1.54) is 13.0 Å². The Bertz CT molecular complexity index is 62.7. The molecule has 0 bridgehead atoms. The molecule has 0 aromatic carbocycles. The van der Waals surface area contributed by atoms with Gasteiger partial charge in [-0.15, -0.1) is 0 Å². The predicted octanol–water partition coefficient (Wildman–Crippen LogP) is 0.756. The van der Waals surface area contributed by atoms with Crippen LogP contribution >= 0.6 is 0 Å². The molecule has 0 rings (SSSR count). The minimum atomic E-state index is 0. The Labute approximate surface area is 69.5 Å². The average molecular weight is 331 g/mol. The molecule has 0 aromatic heterocycles. The second-order valence-electron chi connectivity index (χ2n) is 0.815. The van der Waals surface area contributed by atoms with Crippen LogP contribution < -0.4 is 0 Å². The molecule has 0 aromatic rings. The Morgan fingerprint density at radius 2 is 1.86 bits per heavy atom. The van der Waals surface area contributed by atoms with Gasteiger partial charge in [-0.3, -0.25) is 4.79 Å². The first-order valence-electron chi connectivity index (χ1n) is 1.40. The molecule has 0 atom stereocenters. The Kier molecular flexibility index (Phi) is 22.0. The quantitative estimate of drug-likeness (QED) is 0.512. The predicted molar refractivity (Wildman–Crippen MR) is 20.9 cm³/mol. The van der Waals surface area contributed by atoms with Crippen molar-refractivity contribution in [1.82, 2.24) is 0 Å². The molecule has 0 aliphatic heterocycles. The maximum absolute atomic E-state index is 9.69. The Morgan fingerprint density at radius 3 is 1.86 bits per heavy atom. The fourth-order valence-electron chi connectivity index (χ4n) is 0. The summed E-state index contributed by atoms with van der Waals surface area (Å²) in [4.78, 5) is 9.69. The van der Waals surface area contributed by atoms with Crippen LogP contribution in [0.25, 0.3) is 0 Å². The average Bonchev–Trinajstić information content (AvgIpc) is 1.38. The SMILES string of the molecule is C=CC(C)=O.[Au].[Cu]. The zero-order valence-corrected chi connectivity index (χ0v) is 6.90. The Balaban J connectivity index is -0.0000000800. The minimum absolute atomic E-state index is 0. The number of carbonyl (C=O) groups excluding carboxylic acids is 1. The van der Waals surface area contributed by atoms with Gasteiger partial charge in [-0.05, 0) is 13.0 Å². The van der Waals surface area contributed by atoms with E-state index < -0.39 is 0 Å². The first-order chi connectivity index (χ1) is 2.27. The summed E-state index contributed by atoms with van der Waals surface area (Å²) in [5.74, 6) is 0.0185. The van der Waals surface area contributed by atoms with Gasteiger partial charge in [-0.25, -0.2) is 0 Å². The van der Waals surface area contributed by atoms with Crippen LogP contribution in [0, 0.1) is 0 Å². The molecular formula is C4H6AuCuO. The summed E-state index contributed by atoms with van der Waals surface area (Å²) in [6.07, 6.45) is 1.28. The molecule has 0 heterocycles. The van der Waals surface area contributed by atoms with Crippen molar-refractivity contribution in [2.75, 3.05) is 0 Å². The van der Waals surface area contributed by atoms with E-state index in [0.29, 0.717) is 0 Å². The van der Waals surface area contributed by atoms with Gasteiger partial charge in [0.1, 0.15) is 0 Å². The Morgan fingerprint density at radius 1 is 1.71 bits per heavy atom. The molecule has 0 amide bonds. The van der Waals surface area contributed by atoms with Crippen LogP contribution in [0.2, 0.25) is 0 Å². The van der Waals surface area contributed by atoms with Gasteiger partial charge in [0.15, 0.2) is 5.78 Å². The molecule has 50 valence electrons. The number of carbonyl (C=O) groups is 1. The van der Waals surface area contributed by atoms with Crippen LogP contribution in [-0.2, 0) is 44.2 Å². The summed E-state index contributed by atoms with van der Waals surface area (Å²) in [5, 5.41) is 0. The summed E-state index contributed by atoms with van der Waals surface area (Å²) in [6, 6.07) is 0. The van der Waals surface area contributed by atoms with Gasteiger partial charge >= 0.3 is 0 Å². The van der Waals surface area contributed by atoms with Crippen molar-refractivity contribution >= 4 is 5.78 Å². The van der Waals surface area contributed by atoms with Crippen molar-refractivity contribution in [2.24, 2.45) is 0 Å². The maximum atomic E-state index is 9.69. The van der Waals surface area contributed by atoms with Crippen LogP contribution in [0.15, 0.2) is 12.7 Å². The molecule has 1 nitrogen and oxygen atoms in total. The number of rotatable bonds is 1. The van der Waals surface area contributed by atoms with E-state index in [4.69, 9.17) is 0 Å². The number of hydrogen-bond donors (Lipinski definition) is 0.